The molecule has 0 aliphatic rings. The van der Waals surface area contributed by atoms with Crippen molar-refractivity contribution >= 4 is 11.6 Å². The SMILES string of the molecule is Cc1ccc(N)[n+](CCCCCCCCCCCC[n+]2cc(C)ccc2N)c1. The van der Waals surface area contributed by atoms with Crippen molar-refractivity contribution in [3.8, 4) is 0 Å². The Morgan fingerprint density at radius 2 is 0.857 bits per heavy atom. The fourth-order valence-electron chi connectivity index (χ4n) is 3.72. The zero-order chi connectivity index (χ0) is 20.2. The van der Waals surface area contributed by atoms with E-state index >= 15 is 0 Å². The molecule has 2 heterocycles. The van der Waals surface area contributed by atoms with E-state index in [1.165, 1.54) is 75.3 Å². The lowest BCUT2D eigenvalue weighted by atomic mass is 10.1. The van der Waals surface area contributed by atoms with Crippen molar-refractivity contribution in [2.45, 2.75) is 91.1 Å². The molecule has 0 unspecified atom stereocenters. The average molecular weight is 385 g/mol. The van der Waals surface area contributed by atoms with Crippen LogP contribution in [0.4, 0.5) is 11.6 Å². The summed E-state index contributed by atoms with van der Waals surface area (Å²) in [5, 5.41) is 0. The Kier molecular flexibility index (Phi) is 9.81. The maximum atomic E-state index is 6.02. The molecule has 4 heteroatoms. The van der Waals surface area contributed by atoms with E-state index in [4.69, 9.17) is 11.5 Å². The van der Waals surface area contributed by atoms with Crippen LogP contribution < -0.4 is 20.6 Å². The highest BCUT2D eigenvalue weighted by Crippen LogP contribution is 2.11. The van der Waals surface area contributed by atoms with E-state index in [1.807, 2.05) is 12.1 Å². The minimum Gasteiger partial charge on any atom is -0.287 e. The van der Waals surface area contributed by atoms with E-state index in [2.05, 4.69) is 47.5 Å². The standard InChI is InChI=1S/C24H38N4/c1-21-13-15-23(25)27(19-21)17-11-9-7-5-3-4-6-8-10-12-18-28-20-22(2)14-16-24(28)26/h13-16,19-20,25-26H,3-12,17-18H2,1-2H3/p+2. The Balaban J connectivity index is 1.41. The molecule has 4 nitrogen and oxygen atoms in total. The van der Waals surface area contributed by atoms with Gasteiger partial charge in [-0.1, -0.05) is 38.5 Å². The molecule has 2 rings (SSSR count). The summed E-state index contributed by atoms with van der Waals surface area (Å²) in [6.45, 7) is 6.31. The molecule has 2 aromatic rings. The van der Waals surface area contributed by atoms with Gasteiger partial charge in [0.2, 0.25) is 0 Å². The average Bonchev–Trinajstić information content (AvgIpc) is 2.67. The Bertz CT molecular complexity index is 650. The van der Waals surface area contributed by atoms with Crippen LogP contribution in [0.3, 0.4) is 0 Å². The quantitative estimate of drug-likeness (QED) is 0.390. The maximum Gasteiger partial charge on any atom is 0.272 e. The van der Waals surface area contributed by atoms with Gasteiger partial charge in [-0.25, -0.2) is 9.13 Å². The molecule has 0 radical (unpaired) electrons. The molecule has 0 saturated heterocycles. The summed E-state index contributed by atoms with van der Waals surface area (Å²) in [6, 6.07) is 8.15. The van der Waals surface area contributed by atoms with Crippen molar-refractivity contribution in [3.63, 3.8) is 0 Å². The Morgan fingerprint density at radius 1 is 0.536 bits per heavy atom. The summed E-state index contributed by atoms with van der Waals surface area (Å²) in [4.78, 5) is 0. The molecule has 0 spiro atoms. The highest BCUT2D eigenvalue weighted by Gasteiger charge is 2.05. The number of nitrogen functional groups attached to an aromatic ring is 2. The number of nitrogens with zero attached hydrogens (tertiary/aromatic N) is 2. The van der Waals surface area contributed by atoms with Crippen LogP contribution in [0.5, 0.6) is 0 Å². The van der Waals surface area contributed by atoms with Crippen LogP contribution >= 0.6 is 0 Å². The van der Waals surface area contributed by atoms with E-state index in [0.717, 1.165) is 24.7 Å². The molecule has 0 aliphatic carbocycles. The zero-order valence-corrected chi connectivity index (χ0v) is 18.0. The summed E-state index contributed by atoms with van der Waals surface area (Å²) < 4.78 is 4.36. The van der Waals surface area contributed by atoms with Crippen LogP contribution in [0.1, 0.15) is 75.3 Å². The molecule has 154 valence electrons. The van der Waals surface area contributed by atoms with Gasteiger partial charge < -0.3 is 0 Å². The number of rotatable bonds is 13. The molecule has 0 fully saturated rings. The van der Waals surface area contributed by atoms with Crippen molar-refractivity contribution in [2.75, 3.05) is 11.5 Å². The smallest absolute Gasteiger partial charge is 0.272 e. The van der Waals surface area contributed by atoms with Crippen LogP contribution in [0.2, 0.25) is 0 Å². The van der Waals surface area contributed by atoms with Gasteiger partial charge in [0.25, 0.3) is 11.6 Å². The lowest BCUT2D eigenvalue weighted by Crippen LogP contribution is -2.37. The molecule has 0 aromatic carbocycles. The largest absolute Gasteiger partial charge is 0.287 e. The minimum atomic E-state index is 0.870. The van der Waals surface area contributed by atoms with E-state index in [1.54, 1.807) is 0 Å². The fourth-order valence-corrected chi connectivity index (χ4v) is 3.72. The van der Waals surface area contributed by atoms with Crippen molar-refractivity contribution < 1.29 is 9.13 Å². The summed E-state index contributed by atoms with van der Waals surface area (Å²) in [5.41, 5.74) is 14.6. The van der Waals surface area contributed by atoms with Crippen LogP contribution in [0.25, 0.3) is 0 Å². The molecule has 28 heavy (non-hydrogen) atoms. The van der Waals surface area contributed by atoms with E-state index in [9.17, 15) is 0 Å². The second-order valence-corrected chi connectivity index (χ2v) is 8.18. The van der Waals surface area contributed by atoms with Crippen molar-refractivity contribution in [2.24, 2.45) is 0 Å². The van der Waals surface area contributed by atoms with Crippen molar-refractivity contribution in [1.82, 2.24) is 0 Å². The molecule has 0 amide bonds. The van der Waals surface area contributed by atoms with Gasteiger partial charge in [-0.15, -0.1) is 0 Å². The number of aromatic nitrogens is 2. The van der Waals surface area contributed by atoms with E-state index in [-0.39, 0.29) is 0 Å². The predicted octanol–water partition coefficient (Wildman–Crippen LogP) is 4.64. The van der Waals surface area contributed by atoms with Gasteiger partial charge >= 0.3 is 0 Å². The fraction of sp³-hybridized carbons (Fsp3) is 0.583. The van der Waals surface area contributed by atoms with E-state index in [0.29, 0.717) is 0 Å². The summed E-state index contributed by atoms with van der Waals surface area (Å²) in [6.07, 6.45) is 17.5. The van der Waals surface area contributed by atoms with Crippen LogP contribution in [-0.4, -0.2) is 0 Å². The van der Waals surface area contributed by atoms with Gasteiger partial charge in [-0.3, -0.25) is 11.5 Å². The first kappa shape index (κ1) is 22.2. The van der Waals surface area contributed by atoms with Crippen LogP contribution in [-0.2, 0) is 13.1 Å². The molecule has 2 aromatic heterocycles. The summed E-state index contributed by atoms with van der Waals surface area (Å²) in [5.74, 6) is 1.74. The van der Waals surface area contributed by atoms with Crippen LogP contribution in [0.15, 0.2) is 36.7 Å². The second-order valence-electron chi connectivity index (χ2n) is 8.18. The van der Waals surface area contributed by atoms with Gasteiger partial charge in [0.1, 0.15) is 0 Å². The van der Waals surface area contributed by atoms with Gasteiger partial charge in [0.15, 0.2) is 0 Å². The number of hydrogen-bond acceptors (Lipinski definition) is 2. The highest BCUT2D eigenvalue weighted by atomic mass is 15.0. The molecular formula is C24H40N4+2. The first-order valence-corrected chi connectivity index (χ1v) is 11.1. The third kappa shape index (κ3) is 8.28. The zero-order valence-electron chi connectivity index (χ0n) is 18.0. The normalized spacial score (nSPS) is 11.1. The first-order valence-electron chi connectivity index (χ1n) is 11.1. The van der Waals surface area contributed by atoms with Gasteiger partial charge in [0.05, 0.1) is 25.5 Å². The topological polar surface area (TPSA) is 59.8 Å². The summed E-state index contributed by atoms with van der Waals surface area (Å²) >= 11 is 0. The minimum absolute atomic E-state index is 0.870. The van der Waals surface area contributed by atoms with Gasteiger partial charge in [0, 0.05) is 12.1 Å². The number of hydrogen-bond donors (Lipinski definition) is 2. The number of pyridine rings is 2. The summed E-state index contributed by atoms with van der Waals surface area (Å²) in [7, 11) is 0. The lowest BCUT2D eigenvalue weighted by molar-refractivity contribution is -0.683. The van der Waals surface area contributed by atoms with Crippen molar-refractivity contribution in [1.29, 1.82) is 0 Å². The third-order valence-electron chi connectivity index (χ3n) is 5.46. The molecular weight excluding hydrogens is 344 g/mol. The second kappa shape index (κ2) is 12.4. The Morgan fingerprint density at radius 3 is 1.21 bits per heavy atom. The maximum absolute atomic E-state index is 6.02. The highest BCUT2D eigenvalue weighted by molar-refractivity contribution is 5.22. The third-order valence-corrected chi connectivity index (χ3v) is 5.46. The number of unbranched alkanes of at least 4 members (excludes halogenated alkanes) is 9. The lowest BCUT2D eigenvalue weighted by Gasteiger charge is -2.05. The predicted molar refractivity (Wildman–Crippen MR) is 118 cm³/mol. The molecule has 0 saturated carbocycles. The van der Waals surface area contributed by atoms with Crippen molar-refractivity contribution in [3.05, 3.63) is 47.8 Å². The molecule has 0 atom stereocenters. The number of nitrogens with two attached hydrogens (primary N) is 2. The monoisotopic (exact) mass is 384 g/mol. The first-order chi connectivity index (χ1) is 13.6. The van der Waals surface area contributed by atoms with Crippen LogP contribution in [0, 0.1) is 13.8 Å². The van der Waals surface area contributed by atoms with Gasteiger partial charge in [-0.05, 0) is 62.8 Å². The molecule has 0 bridgehead atoms. The number of aryl methyl sites for hydroxylation is 4. The van der Waals surface area contributed by atoms with E-state index < -0.39 is 0 Å². The molecule has 4 N–H and O–H groups in total. The molecule has 0 aliphatic heterocycles. The van der Waals surface area contributed by atoms with Gasteiger partial charge in [-0.2, -0.15) is 0 Å². The Labute approximate surface area is 171 Å². The number of anilines is 2. The Hall–Kier alpha value is -2.10.